The van der Waals surface area contributed by atoms with Crippen LogP contribution in [0.3, 0.4) is 0 Å². The van der Waals surface area contributed by atoms with Crippen LogP contribution in [0, 0.1) is 13.8 Å². The van der Waals surface area contributed by atoms with Crippen molar-refractivity contribution >= 4 is 51.2 Å². The summed E-state index contributed by atoms with van der Waals surface area (Å²) in [4.78, 5) is 42.1. The number of nitrogens with one attached hydrogen (secondary N) is 3. The zero-order valence-electron chi connectivity index (χ0n) is 26.6. The van der Waals surface area contributed by atoms with Gasteiger partial charge in [0.15, 0.2) is 0 Å². The first-order chi connectivity index (χ1) is 21.5. The minimum absolute atomic E-state index is 0.0442. The number of carboxylic acids is 2. The number of allylic oxidation sites excluding steroid dienone is 2. The van der Waals surface area contributed by atoms with E-state index in [2.05, 4.69) is 35.7 Å². The Morgan fingerprint density at radius 2 is 1.73 bits per heavy atom. The van der Waals surface area contributed by atoms with Crippen LogP contribution in [0.4, 0.5) is 0 Å². The molecule has 2 aliphatic heterocycles. The van der Waals surface area contributed by atoms with Gasteiger partial charge in [-0.2, -0.15) is 0 Å². The Balaban J connectivity index is 1.99. The fourth-order valence-electron chi connectivity index (χ4n) is 6.73. The highest BCUT2D eigenvalue weighted by Crippen LogP contribution is 2.42. The van der Waals surface area contributed by atoms with Crippen LogP contribution in [0.25, 0.3) is 39.3 Å². The molecule has 3 aromatic rings. The van der Waals surface area contributed by atoms with E-state index >= 15 is 0 Å². The van der Waals surface area contributed by atoms with Crippen LogP contribution in [0.2, 0.25) is 0 Å². The molecule has 0 fully saturated rings. The second-order valence-corrected chi connectivity index (χ2v) is 11.9. The molecule has 2 aliphatic rings. The van der Waals surface area contributed by atoms with E-state index in [4.69, 9.17) is 15.7 Å². The van der Waals surface area contributed by atoms with Crippen molar-refractivity contribution in [2.24, 2.45) is 5.73 Å². The number of aromatic carboxylic acids is 1. The second-order valence-electron chi connectivity index (χ2n) is 11.9. The lowest BCUT2D eigenvalue weighted by Gasteiger charge is -2.18. The fourth-order valence-corrected chi connectivity index (χ4v) is 6.73. The molecule has 3 aromatic heterocycles. The lowest BCUT2D eigenvalue weighted by molar-refractivity contribution is -0.136. The maximum Gasteiger partial charge on any atom is 0.338 e. The van der Waals surface area contributed by atoms with Gasteiger partial charge in [-0.25, -0.2) is 9.78 Å². The van der Waals surface area contributed by atoms with Gasteiger partial charge in [-0.05, 0) is 80.6 Å². The van der Waals surface area contributed by atoms with Gasteiger partial charge in [-0.15, -0.1) is 0 Å². The van der Waals surface area contributed by atoms with Gasteiger partial charge in [0.2, 0.25) is 0 Å². The molecule has 7 N–H and O–H groups in total. The molecule has 0 amide bonds. The monoisotopic (exact) mass is 610 g/mol. The molecule has 0 aromatic carbocycles. The van der Waals surface area contributed by atoms with Crippen LogP contribution in [0.15, 0.2) is 24.8 Å². The minimum atomic E-state index is -1.13. The zero-order valence-corrected chi connectivity index (χ0v) is 26.6. The third kappa shape index (κ3) is 5.83. The van der Waals surface area contributed by atoms with Crippen molar-refractivity contribution < 1.29 is 19.8 Å². The van der Waals surface area contributed by atoms with Crippen molar-refractivity contribution in [3.8, 4) is 0 Å². The third-order valence-electron chi connectivity index (χ3n) is 9.23. The van der Waals surface area contributed by atoms with Crippen molar-refractivity contribution in [2.45, 2.75) is 65.7 Å². The molecule has 0 saturated carbocycles. The molecule has 0 spiro atoms. The molecule has 0 saturated heterocycles. The zero-order chi connectivity index (χ0) is 32.6. The number of aliphatic carboxylic acids is 1. The fraction of sp³-hybridized carbons (Fsp3) is 0.371. The number of aromatic nitrogens is 4. The summed E-state index contributed by atoms with van der Waals surface area (Å²) in [6, 6.07) is 5.93. The summed E-state index contributed by atoms with van der Waals surface area (Å²) in [5, 5.41) is 23.9. The molecule has 10 heteroatoms. The smallest absolute Gasteiger partial charge is 0.338 e. The molecular weight excluding hydrogens is 568 g/mol. The van der Waals surface area contributed by atoms with Crippen LogP contribution in [-0.2, 0) is 11.2 Å². The Morgan fingerprint density at radius 3 is 2.38 bits per heavy atom. The van der Waals surface area contributed by atoms with E-state index in [1.165, 1.54) is 0 Å². The molecule has 45 heavy (non-hydrogen) atoms. The second kappa shape index (κ2) is 12.8. The number of carbonyl (C=O) groups is 2. The van der Waals surface area contributed by atoms with Crippen LogP contribution in [0.1, 0.15) is 101 Å². The van der Waals surface area contributed by atoms with Crippen molar-refractivity contribution in [2.75, 3.05) is 19.6 Å². The Labute approximate surface area is 262 Å². The predicted octanol–water partition coefficient (Wildman–Crippen LogP) is 6.07. The van der Waals surface area contributed by atoms with Crippen molar-refractivity contribution in [3.05, 3.63) is 75.4 Å². The topological polar surface area (TPSA) is 170 Å². The number of H-pyrrole nitrogens is 2. The lowest BCUT2D eigenvalue weighted by Crippen LogP contribution is -2.25. The van der Waals surface area contributed by atoms with Gasteiger partial charge in [0, 0.05) is 58.3 Å². The quantitative estimate of drug-likeness (QED) is 0.150. The van der Waals surface area contributed by atoms with E-state index < -0.39 is 11.9 Å². The van der Waals surface area contributed by atoms with Gasteiger partial charge < -0.3 is 31.2 Å². The molecule has 0 radical (unpaired) electrons. The highest BCUT2D eigenvalue weighted by atomic mass is 16.4. The van der Waals surface area contributed by atoms with Gasteiger partial charge in [0.1, 0.15) is 0 Å². The average Bonchev–Trinajstić information content (AvgIpc) is 3.67. The molecule has 0 unspecified atom stereocenters. The average molecular weight is 611 g/mol. The maximum atomic E-state index is 12.8. The van der Waals surface area contributed by atoms with Crippen molar-refractivity contribution in [3.63, 3.8) is 0 Å². The highest BCUT2D eigenvalue weighted by Gasteiger charge is 2.33. The third-order valence-corrected chi connectivity index (χ3v) is 9.23. The van der Waals surface area contributed by atoms with E-state index in [1.807, 2.05) is 38.1 Å². The summed E-state index contributed by atoms with van der Waals surface area (Å²) in [5.41, 5.74) is 16.3. The minimum Gasteiger partial charge on any atom is -0.481 e. The van der Waals surface area contributed by atoms with E-state index in [9.17, 15) is 19.8 Å². The molecule has 236 valence electrons. The Morgan fingerprint density at radius 1 is 1.02 bits per heavy atom. The van der Waals surface area contributed by atoms with Crippen LogP contribution >= 0.6 is 0 Å². The number of hydrogen-bond acceptors (Lipinski definition) is 6. The van der Waals surface area contributed by atoms with Crippen molar-refractivity contribution in [1.29, 1.82) is 0 Å². The number of carboxylic acid groups (broad SMARTS) is 2. The molecule has 5 heterocycles. The largest absolute Gasteiger partial charge is 0.481 e. The van der Waals surface area contributed by atoms with Crippen LogP contribution < -0.4 is 11.1 Å². The number of fused-ring (bicyclic) bond motifs is 8. The molecule has 0 aliphatic carbocycles. The predicted molar refractivity (Wildman–Crippen MR) is 179 cm³/mol. The van der Waals surface area contributed by atoms with Gasteiger partial charge >= 0.3 is 11.9 Å². The van der Waals surface area contributed by atoms with E-state index in [0.717, 1.165) is 56.8 Å². The number of aryl methyl sites for hydroxylation is 2. The summed E-state index contributed by atoms with van der Waals surface area (Å²) in [6.07, 6.45) is 2.86. The number of nitrogens with two attached hydrogens (primary N) is 1. The molecule has 5 rings (SSSR count). The number of hydrogen-bond donors (Lipinski definition) is 6. The number of aromatic amines is 2. The Kier molecular flexibility index (Phi) is 9.08. The first-order valence-corrected chi connectivity index (χ1v) is 15.5. The van der Waals surface area contributed by atoms with Gasteiger partial charge in [0.05, 0.1) is 34.6 Å². The standard InChI is InChI=1S/C35H42N6O4/c1-7-21-17(3)25-14-27-19(5)23(9-11-37-12-10-36)33(40-27)24(13-31(42)43)34-32(35(44)45)20(6)28(41-34)16-30-22(8-2)18(4)26(39-30)15-29(21)38-25/h7,14-16,19,23,37-38,41H,1,8-13,36H2,2-6H3,(H,42,43)(H,44,45)/t19-,23-/m0/s1. The molecule has 2 atom stereocenters. The van der Waals surface area contributed by atoms with Crippen LogP contribution in [0.5, 0.6) is 0 Å². The van der Waals surface area contributed by atoms with Crippen LogP contribution in [-0.4, -0.2) is 61.7 Å². The summed E-state index contributed by atoms with van der Waals surface area (Å²) in [6.45, 7) is 15.9. The summed E-state index contributed by atoms with van der Waals surface area (Å²) in [5.74, 6) is -2.42. The van der Waals surface area contributed by atoms with Gasteiger partial charge in [-0.1, -0.05) is 26.5 Å². The summed E-state index contributed by atoms with van der Waals surface area (Å²) >= 11 is 0. The number of rotatable bonds is 10. The number of nitrogens with zero attached hydrogens (tertiary/aromatic N) is 2. The van der Waals surface area contributed by atoms with E-state index in [1.54, 1.807) is 6.92 Å². The maximum absolute atomic E-state index is 12.8. The molecular formula is C35H42N6O4. The van der Waals surface area contributed by atoms with Crippen molar-refractivity contribution in [1.82, 2.24) is 25.3 Å². The first kappa shape index (κ1) is 31.9. The van der Waals surface area contributed by atoms with Gasteiger partial charge in [0.25, 0.3) is 0 Å². The Hall–Kier alpha value is -4.54. The first-order valence-electron chi connectivity index (χ1n) is 15.5. The van der Waals surface area contributed by atoms with E-state index in [0.29, 0.717) is 48.4 Å². The van der Waals surface area contributed by atoms with Gasteiger partial charge in [-0.3, -0.25) is 9.78 Å². The molecule has 10 nitrogen and oxygen atoms in total. The Bertz CT molecular complexity index is 1900. The summed E-state index contributed by atoms with van der Waals surface area (Å²) in [7, 11) is 0. The van der Waals surface area contributed by atoms with E-state index in [-0.39, 0.29) is 29.3 Å². The lowest BCUT2D eigenvalue weighted by atomic mass is 9.86. The SMILES string of the molecule is C=Cc1c(C)c2cc3nc(c(CC(=O)O)c4[nH]c(cc5nc(cc1[nH]2)C(C)=C5CC)c(C)c4C(=O)O)[C@@H](CCNCCN)[C@@H]3C. The summed E-state index contributed by atoms with van der Waals surface area (Å²) < 4.78 is 0. The highest BCUT2D eigenvalue weighted by molar-refractivity contribution is 6.02. The normalized spacial score (nSPS) is 16.3. The molecule has 8 bridgehead atoms.